The van der Waals surface area contributed by atoms with Crippen LogP contribution in [-0.4, -0.2) is 39.5 Å². The Balaban J connectivity index is 1.36. The van der Waals surface area contributed by atoms with Gasteiger partial charge in [-0.25, -0.2) is 0 Å². The van der Waals surface area contributed by atoms with Crippen LogP contribution in [0.1, 0.15) is 38.8 Å². The molecule has 1 heterocycles. The number of hydrogen-bond acceptors (Lipinski definition) is 5. The van der Waals surface area contributed by atoms with E-state index in [4.69, 9.17) is 23.4 Å². The molecule has 0 spiro atoms. The van der Waals surface area contributed by atoms with E-state index in [0.29, 0.717) is 25.6 Å². The SMILES string of the molecule is C[C@H]1[C@H](OCc2ccccc2)[C@H](OCc2ccccc2)[C@@H](Oc2ccc(I)cc2)O[C@@H]1CO[Si](c1ccccc1)(c1ccccc1)C(C)(C)C. The molecule has 5 aromatic rings. The van der Waals surface area contributed by atoms with Gasteiger partial charge in [-0.3, -0.25) is 0 Å². The van der Waals surface area contributed by atoms with Gasteiger partial charge in [-0.15, -0.1) is 0 Å². The molecule has 1 saturated heterocycles. The molecule has 0 unspecified atom stereocenters. The highest BCUT2D eigenvalue weighted by molar-refractivity contribution is 14.1. The minimum absolute atomic E-state index is 0.0747. The van der Waals surface area contributed by atoms with Crippen LogP contribution in [-0.2, 0) is 31.9 Å². The van der Waals surface area contributed by atoms with E-state index >= 15 is 0 Å². The molecule has 5 aromatic carbocycles. The maximum absolute atomic E-state index is 7.43. The van der Waals surface area contributed by atoms with Crippen LogP contribution >= 0.6 is 22.6 Å². The van der Waals surface area contributed by atoms with Gasteiger partial charge in [0.15, 0.2) is 0 Å². The molecule has 260 valence electrons. The fraction of sp³-hybridized carbons (Fsp3) is 0.302. The Labute approximate surface area is 312 Å². The third-order valence-corrected chi connectivity index (χ3v) is 15.2. The highest BCUT2D eigenvalue weighted by atomic mass is 127. The molecular formula is C43H47IO5Si. The summed E-state index contributed by atoms with van der Waals surface area (Å²) in [5.74, 6) is 0.640. The quantitative estimate of drug-likeness (QED) is 0.0881. The lowest BCUT2D eigenvalue weighted by molar-refractivity contribution is -0.284. The van der Waals surface area contributed by atoms with Crippen LogP contribution in [0.15, 0.2) is 146 Å². The van der Waals surface area contributed by atoms with Crippen LogP contribution < -0.4 is 15.1 Å². The summed E-state index contributed by atoms with van der Waals surface area (Å²) in [6.45, 7) is 10.3. The summed E-state index contributed by atoms with van der Waals surface area (Å²) in [6.07, 6.45) is -1.90. The topological polar surface area (TPSA) is 46.2 Å². The van der Waals surface area contributed by atoms with Crippen molar-refractivity contribution in [2.45, 2.75) is 70.5 Å². The van der Waals surface area contributed by atoms with Gasteiger partial charge in [0.25, 0.3) is 8.32 Å². The monoisotopic (exact) mass is 798 g/mol. The van der Waals surface area contributed by atoms with Gasteiger partial charge in [0, 0.05) is 9.49 Å². The molecular weight excluding hydrogens is 751 g/mol. The van der Waals surface area contributed by atoms with Crippen molar-refractivity contribution in [1.82, 2.24) is 0 Å². The largest absolute Gasteiger partial charge is 0.462 e. The van der Waals surface area contributed by atoms with E-state index in [1.54, 1.807) is 0 Å². The summed E-state index contributed by atoms with van der Waals surface area (Å²) in [7, 11) is -2.83. The van der Waals surface area contributed by atoms with Crippen LogP contribution in [0.3, 0.4) is 0 Å². The van der Waals surface area contributed by atoms with E-state index in [-0.39, 0.29) is 23.2 Å². The van der Waals surface area contributed by atoms with Crippen molar-refractivity contribution in [2.75, 3.05) is 6.61 Å². The van der Waals surface area contributed by atoms with Crippen molar-refractivity contribution >= 4 is 41.3 Å². The third-order valence-electron chi connectivity index (χ3n) is 9.52. The lowest BCUT2D eigenvalue weighted by Crippen LogP contribution is -2.68. The highest BCUT2D eigenvalue weighted by Gasteiger charge is 2.52. The zero-order valence-corrected chi connectivity index (χ0v) is 32.4. The van der Waals surface area contributed by atoms with Crippen molar-refractivity contribution in [3.63, 3.8) is 0 Å². The molecule has 6 rings (SSSR count). The Morgan fingerprint density at radius 2 is 1.08 bits per heavy atom. The first-order chi connectivity index (χ1) is 24.2. The van der Waals surface area contributed by atoms with E-state index in [1.165, 1.54) is 10.4 Å². The fourth-order valence-electron chi connectivity index (χ4n) is 6.89. The molecule has 1 aliphatic heterocycles. The number of halogens is 1. The van der Waals surface area contributed by atoms with E-state index < -0.39 is 20.7 Å². The standard InChI is InChI=1S/C43H47IO5Si/c1-32-39(31-47-50(43(2,3)4,37-21-13-7-14-22-37)38-23-15-8-16-24-38)49-42(48-36-27-25-35(44)26-28-36)41(46-30-34-19-11-6-12-20-34)40(32)45-29-33-17-9-5-10-18-33/h5-28,32,39-42H,29-31H2,1-4H3/t32-,39-,40+,41+,42+/m1/s1. The zero-order chi connectivity index (χ0) is 35.0. The Kier molecular flexibility index (Phi) is 12.3. The summed E-state index contributed by atoms with van der Waals surface area (Å²) in [5, 5.41) is 2.29. The summed E-state index contributed by atoms with van der Waals surface area (Å²) >= 11 is 2.31. The fourth-order valence-corrected chi connectivity index (χ4v) is 11.8. The zero-order valence-electron chi connectivity index (χ0n) is 29.3. The van der Waals surface area contributed by atoms with Crippen LogP contribution in [0.2, 0.25) is 5.04 Å². The van der Waals surface area contributed by atoms with Crippen molar-refractivity contribution in [3.05, 3.63) is 160 Å². The Morgan fingerprint density at radius 1 is 0.620 bits per heavy atom. The second kappa shape index (κ2) is 16.8. The van der Waals surface area contributed by atoms with Crippen molar-refractivity contribution in [2.24, 2.45) is 5.92 Å². The van der Waals surface area contributed by atoms with E-state index in [2.05, 4.69) is 135 Å². The van der Waals surface area contributed by atoms with E-state index in [0.717, 1.165) is 14.7 Å². The third kappa shape index (κ3) is 8.58. The Bertz CT molecular complexity index is 1690. The maximum atomic E-state index is 7.43. The molecule has 5 atom stereocenters. The molecule has 0 N–H and O–H groups in total. The van der Waals surface area contributed by atoms with Gasteiger partial charge in [-0.1, -0.05) is 149 Å². The molecule has 1 aliphatic rings. The molecule has 0 aromatic heterocycles. The summed E-state index contributed by atoms with van der Waals surface area (Å²) in [4.78, 5) is 0. The molecule has 0 bridgehead atoms. The minimum atomic E-state index is -2.83. The lowest BCUT2D eigenvalue weighted by atomic mass is 9.90. The summed E-state index contributed by atoms with van der Waals surface area (Å²) in [5.41, 5.74) is 2.18. The minimum Gasteiger partial charge on any atom is -0.462 e. The van der Waals surface area contributed by atoms with Gasteiger partial charge in [-0.05, 0) is 73.4 Å². The predicted molar refractivity (Wildman–Crippen MR) is 211 cm³/mol. The van der Waals surface area contributed by atoms with E-state index in [1.807, 2.05) is 60.7 Å². The number of hydrogen-bond donors (Lipinski definition) is 0. The molecule has 0 amide bonds. The first-order valence-electron chi connectivity index (χ1n) is 17.4. The van der Waals surface area contributed by atoms with Gasteiger partial charge < -0.3 is 23.4 Å². The van der Waals surface area contributed by atoms with E-state index in [9.17, 15) is 0 Å². The number of rotatable bonds is 13. The average molecular weight is 799 g/mol. The lowest BCUT2D eigenvalue weighted by Gasteiger charge is -2.47. The Morgan fingerprint density at radius 3 is 1.56 bits per heavy atom. The first-order valence-corrected chi connectivity index (χ1v) is 20.4. The summed E-state index contributed by atoms with van der Waals surface area (Å²) in [6, 6.07) is 50.0. The molecule has 0 saturated carbocycles. The molecule has 7 heteroatoms. The van der Waals surface area contributed by atoms with Crippen LogP contribution in [0.4, 0.5) is 0 Å². The van der Waals surface area contributed by atoms with Gasteiger partial charge in [0.2, 0.25) is 6.29 Å². The highest BCUT2D eigenvalue weighted by Crippen LogP contribution is 2.39. The molecule has 1 fully saturated rings. The summed E-state index contributed by atoms with van der Waals surface area (Å²) < 4.78 is 35.8. The van der Waals surface area contributed by atoms with Gasteiger partial charge in [-0.2, -0.15) is 0 Å². The van der Waals surface area contributed by atoms with Crippen molar-refractivity contribution in [1.29, 1.82) is 0 Å². The first kappa shape index (κ1) is 36.5. The van der Waals surface area contributed by atoms with Gasteiger partial charge in [0.1, 0.15) is 11.9 Å². The van der Waals surface area contributed by atoms with Crippen LogP contribution in [0.25, 0.3) is 0 Å². The number of ether oxygens (including phenoxy) is 4. The van der Waals surface area contributed by atoms with Crippen LogP contribution in [0, 0.1) is 9.49 Å². The normalized spacial score (nSPS) is 21.1. The second-order valence-electron chi connectivity index (χ2n) is 14.0. The van der Waals surface area contributed by atoms with Gasteiger partial charge >= 0.3 is 0 Å². The smallest absolute Gasteiger partial charge is 0.261 e. The second-order valence-corrected chi connectivity index (χ2v) is 19.5. The molecule has 50 heavy (non-hydrogen) atoms. The predicted octanol–water partition coefficient (Wildman–Crippen LogP) is 8.78. The van der Waals surface area contributed by atoms with Crippen molar-refractivity contribution in [3.8, 4) is 5.75 Å². The Hall–Kier alpha value is -3.31. The molecule has 5 nitrogen and oxygen atoms in total. The van der Waals surface area contributed by atoms with Gasteiger partial charge in [0.05, 0.1) is 32.0 Å². The molecule has 0 aliphatic carbocycles. The van der Waals surface area contributed by atoms with Crippen molar-refractivity contribution < 1.29 is 23.4 Å². The maximum Gasteiger partial charge on any atom is 0.261 e. The molecule has 0 radical (unpaired) electrons. The van der Waals surface area contributed by atoms with Crippen LogP contribution in [0.5, 0.6) is 5.75 Å². The average Bonchev–Trinajstić information content (AvgIpc) is 3.14. The number of benzene rings is 5.